The molecule has 112 valence electrons. The van der Waals surface area contributed by atoms with Gasteiger partial charge in [0.25, 0.3) is 0 Å². The maximum Gasteiger partial charge on any atom is 0.159 e. The Bertz CT molecular complexity index is 636. The summed E-state index contributed by atoms with van der Waals surface area (Å²) in [5.74, 6) is -2.46. The van der Waals surface area contributed by atoms with E-state index in [2.05, 4.69) is 5.32 Å². The summed E-state index contributed by atoms with van der Waals surface area (Å²) in [5, 5.41) is 12.8. The Morgan fingerprint density at radius 3 is 2.38 bits per heavy atom. The van der Waals surface area contributed by atoms with Crippen LogP contribution in [0.2, 0.25) is 5.02 Å². The van der Waals surface area contributed by atoms with E-state index in [0.717, 1.165) is 17.7 Å². The molecule has 21 heavy (non-hydrogen) atoms. The Morgan fingerprint density at radius 1 is 1.00 bits per heavy atom. The van der Waals surface area contributed by atoms with Crippen molar-refractivity contribution in [1.82, 2.24) is 5.32 Å². The largest absolute Gasteiger partial charge is 0.387 e. The van der Waals surface area contributed by atoms with E-state index in [1.54, 1.807) is 6.07 Å². The van der Waals surface area contributed by atoms with E-state index in [1.807, 2.05) is 0 Å². The van der Waals surface area contributed by atoms with Crippen molar-refractivity contribution >= 4 is 11.6 Å². The van der Waals surface area contributed by atoms with Crippen LogP contribution in [0.15, 0.2) is 36.4 Å². The Hall–Kier alpha value is -1.56. The Labute approximate surface area is 125 Å². The van der Waals surface area contributed by atoms with Crippen LogP contribution in [0.25, 0.3) is 0 Å². The molecule has 2 N–H and O–H groups in total. The number of hydrogen-bond acceptors (Lipinski definition) is 2. The van der Waals surface area contributed by atoms with Crippen molar-refractivity contribution in [3.8, 4) is 0 Å². The molecule has 2 aromatic rings. The number of aliphatic hydroxyl groups is 1. The van der Waals surface area contributed by atoms with Crippen molar-refractivity contribution in [1.29, 1.82) is 0 Å². The third-order valence-electron chi connectivity index (χ3n) is 2.98. The zero-order valence-corrected chi connectivity index (χ0v) is 11.7. The predicted octanol–water partition coefficient (Wildman–Crippen LogP) is 3.58. The zero-order chi connectivity index (χ0) is 15.4. The molecule has 1 atom stereocenters. The second kappa shape index (κ2) is 6.93. The summed E-state index contributed by atoms with van der Waals surface area (Å²) < 4.78 is 38.8. The highest BCUT2D eigenvalue weighted by Gasteiger charge is 2.10. The van der Waals surface area contributed by atoms with Gasteiger partial charge >= 0.3 is 0 Å². The molecule has 0 bridgehead atoms. The molecule has 0 aliphatic carbocycles. The van der Waals surface area contributed by atoms with Gasteiger partial charge in [0, 0.05) is 13.1 Å². The minimum absolute atomic E-state index is 0.0236. The average Bonchev–Trinajstić information content (AvgIpc) is 2.45. The van der Waals surface area contributed by atoms with Gasteiger partial charge in [0.1, 0.15) is 5.82 Å². The first kappa shape index (κ1) is 15.8. The van der Waals surface area contributed by atoms with Gasteiger partial charge in [-0.05, 0) is 35.4 Å². The van der Waals surface area contributed by atoms with Crippen LogP contribution in [0.1, 0.15) is 17.2 Å². The lowest BCUT2D eigenvalue weighted by Gasteiger charge is -2.12. The third kappa shape index (κ3) is 4.20. The monoisotopic (exact) mass is 315 g/mol. The van der Waals surface area contributed by atoms with Crippen LogP contribution in [0.3, 0.4) is 0 Å². The maximum absolute atomic E-state index is 13.1. The predicted molar refractivity (Wildman–Crippen MR) is 74.4 cm³/mol. The molecule has 1 unspecified atom stereocenters. The maximum atomic E-state index is 13.1. The fourth-order valence-electron chi connectivity index (χ4n) is 1.84. The quantitative estimate of drug-likeness (QED) is 0.884. The second-order valence-corrected chi connectivity index (χ2v) is 4.98. The molecular formula is C15H13ClF3NO. The highest BCUT2D eigenvalue weighted by Crippen LogP contribution is 2.17. The van der Waals surface area contributed by atoms with Crippen molar-refractivity contribution in [3.05, 3.63) is 70.0 Å². The molecule has 0 saturated heterocycles. The van der Waals surface area contributed by atoms with Gasteiger partial charge in [-0.3, -0.25) is 0 Å². The molecule has 2 aromatic carbocycles. The highest BCUT2D eigenvalue weighted by atomic mass is 35.5. The minimum Gasteiger partial charge on any atom is -0.387 e. The van der Waals surface area contributed by atoms with Crippen LogP contribution in [0.5, 0.6) is 0 Å². The van der Waals surface area contributed by atoms with Gasteiger partial charge in [0.05, 0.1) is 11.1 Å². The van der Waals surface area contributed by atoms with E-state index in [0.29, 0.717) is 6.54 Å². The van der Waals surface area contributed by atoms with Gasteiger partial charge in [0.2, 0.25) is 0 Å². The van der Waals surface area contributed by atoms with Gasteiger partial charge in [0.15, 0.2) is 11.6 Å². The van der Waals surface area contributed by atoms with E-state index in [-0.39, 0.29) is 17.1 Å². The molecule has 0 aromatic heterocycles. The standard InChI is InChI=1S/C15H13ClF3NO/c16-11-5-9(1-3-12(11)17)7-20-8-15(21)10-2-4-13(18)14(19)6-10/h1-6,15,20-21H,7-8H2. The SMILES string of the molecule is OC(CNCc1ccc(F)c(Cl)c1)c1ccc(F)c(F)c1. The Kier molecular flexibility index (Phi) is 5.22. The van der Waals surface area contributed by atoms with Crippen molar-refractivity contribution in [2.45, 2.75) is 12.6 Å². The smallest absolute Gasteiger partial charge is 0.159 e. The molecule has 0 aliphatic rings. The molecule has 6 heteroatoms. The number of aliphatic hydroxyl groups excluding tert-OH is 1. The molecular weight excluding hydrogens is 303 g/mol. The van der Waals surface area contributed by atoms with E-state index < -0.39 is 23.6 Å². The Morgan fingerprint density at radius 2 is 1.71 bits per heavy atom. The van der Waals surface area contributed by atoms with E-state index in [1.165, 1.54) is 18.2 Å². The molecule has 0 aliphatic heterocycles. The summed E-state index contributed by atoms with van der Waals surface area (Å²) in [5.41, 5.74) is 1.03. The topological polar surface area (TPSA) is 32.3 Å². The average molecular weight is 316 g/mol. The lowest BCUT2D eigenvalue weighted by molar-refractivity contribution is 0.173. The van der Waals surface area contributed by atoms with Crippen LogP contribution in [0, 0.1) is 17.5 Å². The van der Waals surface area contributed by atoms with Gasteiger partial charge in [-0.2, -0.15) is 0 Å². The molecule has 0 amide bonds. The van der Waals surface area contributed by atoms with Crippen LogP contribution < -0.4 is 5.32 Å². The lowest BCUT2D eigenvalue weighted by atomic mass is 10.1. The van der Waals surface area contributed by atoms with Crippen LogP contribution in [0.4, 0.5) is 13.2 Å². The first-order valence-corrected chi connectivity index (χ1v) is 6.63. The van der Waals surface area contributed by atoms with Crippen molar-refractivity contribution < 1.29 is 18.3 Å². The summed E-state index contributed by atoms with van der Waals surface area (Å²) in [4.78, 5) is 0. The van der Waals surface area contributed by atoms with E-state index in [9.17, 15) is 18.3 Å². The summed E-state index contributed by atoms with van der Waals surface area (Å²) in [6, 6.07) is 7.54. The number of benzene rings is 2. The molecule has 0 saturated carbocycles. The zero-order valence-electron chi connectivity index (χ0n) is 10.9. The van der Waals surface area contributed by atoms with Crippen molar-refractivity contribution in [2.75, 3.05) is 6.54 Å². The Balaban J connectivity index is 1.90. The molecule has 0 radical (unpaired) electrons. The fraction of sp³-hybridized carbons (Fsp3) is 0.200. The minimum atomic E-state index is -1.00. The molecule has 2 rings (SSSR count). The number of nitrogens with one attached hydrogen (secondary N) is 1. The lowest BCUT2D eigenvalue weighted by Crippen LogP contribution is -2.21. The van der Waals surface area contributed by atoms with Crippen molar-refractivity contribution in [3.63, 3.8) is 0 Å². The molecule has 0 fully saturated rings. The summed E-state index contributed by atoms with van der Waals surface area (Å²) in [7, 11) is 0. The molecule has 0 spiro atoms. The molecule has 0 heterocycles. The van der Waals surface area contributed by atoms with E-state index in [4.69, 9.17) is 11.6 Å². The van der Waals surface area contributed by atoms with Gasteiger partial charge in [-0.1, -0.05) is 23.7 Å². The normalized spacial score (nSPS) is 12.4. The summed E-state index contributed by atoms with van der Waals surface area (Å²) in [6.07, 6.45) is -0.976. The van der Waals surface area contributed by atoms with Crippen LogP contribution in [-0.2, 0) is 6.54 Å². The highest BCUT2D eigenvalue weighted by molar-refractivity contribution is 6.30. The molecule has 2 nitrogen and oxygen atoms in total. The number of halogens is 4. The van der Waals surface area contributed by atoms with Crippen molar-refractivity contribution in [2.24, 2.45) is 0 Å². The third-order valence-corrected chi connectivity index (χ3v) is 3.27. The van der Waals surface area contributed by atoms with Gasteiger partial charge in [-0.15, -0.1) is 0 Å². The van der Waals surface area contributed by atoms with Gasteiger partial charge < -0.3 is 10.4 Å². The van der Waals surface area contributed by atoms with E-state index >= 15 is 0 Å². The first-order valence-electron chi connectivity index (χ1n) is 6.25. The van der Waals surface area contributed by atoms with Crippen LogP contribution >= 0.6 is 11.6 Å². The number of rotatable bonds is 5. The summed E-state index contributed by atoms with van der Waals surface area (Å²) >= 11 is 5.65. The first-order chi connectivity index (χ1) is 9.97. The number of hydrogen-bond donors (Lipinski definition) is 2. The fourth-order valence-corrected chi connectivity index (χ4v) is 2.04. The second-order valence-electron chi connectivity index (χ2n) is 4.57. The van der Waals surface area contributed by atoms with Crippen LogP contribution in [-0.4, -0.2) is 11.7 Å². The summed E-state index contributed by atoms with van der Waals surface area (Å²) in [6.45, 7) is 0.501. The van der Waals surface area contributed by atoms with Gasteiger partial charge in [-0.25, -0.2) is 13.2 Å².